The van der Waals surface area contributed by atoms with Crippen molar-refractivity contribution >= 4 is 44.6 Å². The Labute approximate surface area is 159 Å². The van der Waals surface area contributed by atoms with Gasteiger partial charge in [-0.2, -0.15) is 5.10 Å². The lowest BCUT2D eigenvalue weighted by Crippen LogP contribution is -2.11. The fraction of sp³-hybridized carbons (Fsp3) is 0.105. The zero-order valence-electron chi connectivity index (χ0n) is 14.2. The quantitative estimate of drug-likeness (QED) is 0.542. The smallest absolute Gasteiger partial charge is 0.267 e. The Bertz CT molecular complexity index is 1110. The molecule has 0 saturated heterocycles. The van der Waals surface area contributed by atoms with E-state index in [1.807, 2.05) is 50.2 Å². The summed E-state index contributed by atoms with van der Waals surface area (Å²) in [5.74, 6) is 0.463. The Hall–Kier alpha value is -2.70. The molecular weight excluding hydrogens is 368 g/mol. The summed E-state index contributed by atoms with van der Waals surface area (Å²) in [6, 6.07) is 13.3. The number of hydrogen-bond donors (Lipinski definition) is 1. The van der Waals surface area contributed by atoms with Crippen molar-refractivity contribution in [1.82, 2.24) is 14.8 Å². The lowest BCUT2D eigenvalue weighted by Gasteiger charge is -2.06. The van der Waals surface area contributed by atoms with Crippen LogP contribution in [-0.2, 0) is 0 Å². The number of hydrogen-bond acceptors (Lipinski definition) is 4. The van der Waals surface area contributed by atoms with Gasteiger partial charge in [-0.05, 0) is 38.1 Å². The molecule has 0 radical (unpaired) electrons. The normalized spacial score (nSPS) is 11.0. The molecule has 3 heterocycles. The van der Waals surface area contributed by atoms with E-state index in [-0.39, 0.29) is 5.91 Å². The van der Waals surface area contributed by atoms with E-state index >= 15 is 0 Å². The van der Waals surface area contributed by atoms with Crippen LogP contribution in [0, 0.1) is 13.8 Å². The fourth-order valence-corrected chi connectivity index (χ4v) is 4.21. The van der Waals surface area contributed by atoms with Crippen LogP contribution in [0.2, 0.25) is 5.02 Å². The van der Waals surface area contributed by atoms with Gasteiger partial charge in [0, 0.05) is 15.8 Å². The van der Waals surface area contributed by atoms with Crippen molar-refractivity contribution in [1.29, 1.82) is 0 Å². The number of anilines is 1. The summed E-state index contributed by atoms with van der Waals surface area (Å²) in [4.78, 5) is 17.5. The first-order chi connectivity index (χ1) is 12.5. The van der Waals surface area contributed by atoms with Gasteiger partial charge in [0.2, 0.25) is 0 Å². The number of thiophene rings is 1. The number of carbonyl (C=O) groups excluding carboxylic acids is 1. The Morgan fingerprint density at radius 2 is 2.00 bits per heavy atom. The van der Waals surface area contributed by atoms with E-state index in [0.717, 1.165) is 21.5 Å². The Morgan fingerprint density at radius 1 is 1.19 bits per heavy atom. The molecule has 0 unspecified atom stereocenters. The number of aromatic nitrogens is 3. The van der Waals surface area contributed by atoms with Gasteiger partial charge < -0.3 is 5.32 Å². The first-order valence-corrected chi connectivity index (χ1v) is 9.20. The molecular formula is C19H15ClN4OS. The Balaban J connectivity index is 1.58. The van der Waals surface area contributed by atoms with E-state index in [4.69, 9.17) is 11.6 Å². The average Bonchev–Trinajstić information content (AvgIpc) is 3.15. The standard InChI is InChI=1S/C19H15ClN4OS/c1-11-9-12(2)24(23-11)16-8-7-13(10-21-16)22-19(25)18-17(20)14-5-3-4-6-15(14)26-18/h3-10H,1-2H3,(H,22,25). The van der Waals surface area contributed by atoms with Gasteiger partial charge in [0.1, 0.15) is 4.88 Å². The van der Waals surface area contributed by atoms with Gasteiger partial charge in [0.05, 0.1) is 22.6 Å². The number of aryl methyl sites for hydroxylation is 2. The number of rotatable bonds is 3. The zero-order valence-corrected chi connectivity index (χ0v) is 15.7. The lowest BCUT2D eigenvalue weighted by atomic mass is 10.2. The van der Waals surface area contributed by atoms with Crippen molar-refractivity contribution in [2.45, 2.75) is 13.8 Å². The maximum atomic E-state index is 12.6. The van der Waals surface area contributed by atoms with E-state index in [1.54, 1.807) is 16.9 Å². The van der Waals surface area contributed by atoms with Crippen molar-refractivity contribution in [3.8, 4) is 5.82 Å². The minimum atomic E-state index is -0.239. The van der Waals surface area contributed by atoms with E-state index in [1.165, 1.54) is 11.3 Å². The summed E-state index contributed by atoms with van der Waals surface area (Å²) >= 11 is 7.74. The van der Waals surface area contributed by atoms with Crippen LogP contribution in [0.3, 0.4) is 0 Å². The largest absolute Gasteiger partial charge is 0.320 e. The summed E-state index contributed by atoms with van der Waals surface area (Å²) in [7, 11) is 0. The highest BCUT2D eigenvalue weighted by Crippen LogP contribution is 2.35. The second-order valence-corrected chi connectivity index (χ2v) is 7.37. The van der Waals surface area contributed by atoms with E-state index in [2.05, 4.69) is 15.4 Å². The molecule has 1 aromatic carbocycles. The van der Waals surface area contributed by atoms with Crippen LogP contribution < -0.4 is 5.32 Å². The van der Waals surface area contributed by atoms with Crippen molar-refractivity contribution < 1.29 is 4.79 Å². The molecule has 7 heteroatoms. The van der Waals surface area contributed by atoms with Crippen molar-refractivity contribution in [2.75, 3.05) is 5.32 Å². The molecule has 0 spiro atoms. The monoisotopic (exact) mass is 382 g/mol. The minimum absolute atomic E-state index is 0.239. The molecule has 0 atom stereocenters. The molecule has 0 saturated carbocycles. The SMILES string of the molecule is Cc1cc(C)n(-c2ccc(NC(=O)c3sc4ccccc4c3Cl)cn2)n1. The highest BCUT2D eigenvalue weighted by atomic mass is 35.5. The van der Waals surface area contributed by atoms with Gasteiger partial charge in [0.15, 0.2) is 5.82 Å². The number of amides is 1. The highest BCUT2D eigenvalue weighted by Gasteiger charge is 2.17. The molecule has 0 fully saturated rings. The third kappa shape index (κ3) is 2.98. The maximum absolute atomic E-state index is 12.6. The average molecular weight is 383 g/mol. The molecule has 1 N–H and O–H groups in total. The van der Waals surface area contributed by atoms with Crippen LogP contribution in [0.5, 0.6) is 0 Å². The highest BCUT2D eigenvalue weighted by molar-refractivity contribution is 7.21. The van der Waals surface area contributed by atoms with Crippen molar-refractivity contribution in [3.63, 3.8) is 0 Å². The number of carbonyl (C=O) groups is 1. The number of halogens is 1. The molecule has 0 aliphatic rings. The molecule has 0 aliphatic heterocycles. The van der Waals surface area contributed by atoms with Gasteiger partial charge in [-0.15, -0.1) is 11.3 Å². The van der Waals surface area contributed by atoms with Crippen LogP contribution in [-0.4, -0.2) is 20.7 Å². The van der Waals surface area contributed by atoms with Gasteiger partial charge in [0.25, 0.3) is 5.91 Å². The van der Waals surface area contributed by atoms with Gasteiger partial charge in [-0.1, -0.05) is 29.8 Å². The molecule has 4 rings (SSSR count). The van der Waals surface area contributed by atoms with Crippen LogP contribution in [0.4, 0.5) is 5.69 Å². The van der Waals surface area contributed by atoms with Crippen LogP contribution in [0.15, 0.2) is 48.7 Å². The van der Waals surface area contributed by atoms with Gasteiger partial charge >= 0.3 is 0 Å². The summed E-state index contributed by atoms with van der Waals surface area (Å²) in [5.41, 5.74) is 2.54. The van der Waals surface area contributed by atoms with Crippen LogP contribution in [0.25, 0.3) is 15.9 Å². The summed E-state index contributed by atoms with van der Waals surface area (Å²) < 4.78 is 2.75. The summed E-state index contributed by atoms with van der Waals surface area (Å²) in [5, 5.41) is 8.63. The predicted octanol–water partition coefficient (Wildman–Crippen LogP) is 5.00. The Morgan fingerprint density at radius 3 is 2.65 bits per heavy atom. The maximum Gasteiger partial charge on any atom is 0.267 e. The molecule has 4 aromatic rings. The molecule has 1 amide bonds. The molecule has 130 valence electrons. The van der Waals surface area contributed by atoms with Crippen molar-refractivity contribution in [2.24, 2.45) is 0 Å². The van der Waals surface area contributed by atoms with E-state index in [9.17, 15) is 4.79 Å². The zero-order chi connectivity index (χ0) is 18.3. The predicted molar refractivity (Wildman–Crippen MR) is 106 cm³/mol. The summed E-state index contributed by atoms with van der Waals surface area (Å²) in [6.07, 6.45) is 1.62. The number of pyridine rings is 1. The number of benzene rings is 1. The minimum Gasteiger partial charge on any atom is -0.320 e. The molecule has 5 nitrogen and oxygen atoms in total. The first-order valence-electron chi connectivity index (χ1n) is 8.01. The molecule has 3 aromatic heterocycles. The second kappa shape index (κ2) is 6.55. The van der Waals surface area contributed by atoms with E-state index in [0.29, 0.717) is 21.4 Å². The summed E-state index contributed by atoms with van der Waals surface area (Å²) in [6.45, 7) is 3.91. The second-order valence-electron chi connectivity index (χ2n) is 5.94. The topological polar surface area (TPSA) is 59.8 Å². The fourth-order valence-electron chi connectivity index (χ4n) is 2.79. The van der Waals surface area contributed by atoms with Gasteiger partial charge in [-0.25, -0.2) is 9.67 Å². The Kier molecular flexibility index (Phi) is 4.22. The van der Waals surface area contributed by atoms with Crippen LogP contribution in [0.1, 0.15) is 21.1 Å². The molecule has 0 bridgehead atoms. The van der Waals surface area contributed by atoms with Gasteiger partial charge in [-0.3, -0.25) is 4.79 Å². The number of fused-ring (bicyclic) bond motifs is 1. The van der Waals surface area contributed by atoms with Crippen molar-refractivity contribution in [3.05, 3.63) is 69.9 Å². The number of nitrogens with one attached hydrogen (secondary N) is 1. The third-order valence-corrected chi connectivity index (χ3v) is 5.65. The van der Waals surface area contributed by atoms with Crippen LogP contribution >= 0.6 is 22.9 Å². The molecule has 0 aliphatic carbocycles. The first kappa shape index (κ1) is 16.8. The lowest BCUT2D eigenvalue weighted by molar-refractivity contribution is 0.103. The molecule has 26 heavy (non-hydrogen) atoms. The number of nitrogens with zero attached hydrogens (tertiary/aromatic N) is 3. The third-order valence-electron chi connectivity index (χ3n) is 3.97. The van der Waals surface area contributed by atoms with E-state index < -0.39 is 0 Å².